The van der Waals surface area contributed by atoms with Crippen molar-refractivity contribution in [2.45, 2.75) is 201 Å². The molecule has 0 saturated heterocycles. The van der Waals surface area contributed by atoms with Crippen molar-refractivity contribution in [3.05, 3.63) is 0 Å². The molecule has 0 spiro atoms. The Balaban J connectivity index is 0.000000160. The molecule has 0 radical (unpaired) electrons. The molecule has 0 aromatic heterocycles. The number of hydrogen-bond donors (Lipinski definition) is 12. The fraction of sp³-hybridized carbons (Fsp3) is 1.00. The fourth-order valence-electron chi connectivity index (χ4n) is 30.5. The van der Waals surface area contributed by atoms with Gasteiger partial charge in [-0.1, -0.05) is 20.8 Å². The Morgan fingerprint density at radius 1 is 0.227 bits per heavy atom. The van der Waals surface area contributed by atoms with Crippen molar-refractivity contribution >= 4 is 152 Å². The monoisotopic (exact) mass is 2500 g/mol. The van der Waals surface area contributed by atoms with Crippen LogP contribution in [0, 0.1) is 171 Å². The molecule has 150 heavy (non-hydrogen) atoms. The maximum absolute atomic E-state index is 12.4. The lowest BCUT2D eigenvalue weighted by Crippen LogP contribution is -2.47. The highest BCUT2D eigenvalue weighted by atomic mass is 32.2. The van der Waals surface area contributed by atoms with Gasteiger partial charge in [0.2, 0.25) is 0 Å². The van der Waals surface area contributed by atoms with Crippen molar-refractivity contribution in [1.82, 2.24) is 0 Å². The van der Waals surface area contributed by atoms with Crippen molar-refractivity contribution in [2.24, 2.45) is 171 Å². The molecule has 0 aliphatic heterocycles. The molecule has 0 aromatic rings. The number of phosphoric acid groups is 6. The summed E-state index contributed by atoms with van der Waals surface area (Å²) in [5.74, 6) is 12.0. The van der Waals surface area contributed by atoms with Gasteiger partial charge in [0.1, 0.15) is 0 Å². The van der Waals surface area contributed by atoms with Crippen LogP contribution in [0.15, 0.2) is 0 Å². The Labute approximate surface area is 882 Å². The summed E-state index contributed by atoms with van der Waals surface area (Å²) in [5.41, 5.74) is 0.272. The smallest absolute Gasteiger partial charge is 0.324 e. The highest BCUT2D eigenvalue weighted by Crippen LogP contribution is 2.71. The van der Waals surface area contributed by atoms with Crippen molar-refractivity contribution < 1.29 is 217 Å². The Morgan fingerprint density at radius 3 is 0.487 bits per heavy atom. The Bertz CT molecular complexity index is 5240. The molecule has 878 valence electrons. The van der Waals surface area contributed by atoms with Crippen LogP contribution in [-0.2, 0) is 167 Å². The molecule has 22 rings (SSSR count). The van der Waals surface area contributed by atoms with Crippen LogP contribution in [0.2, 0.25) is 0 Å². The van der Waals surface area contributed by atoms with Crippen LogP contribution in [0.5, 0.6) is 0 Å². The van der Waals surface area contributed by atoms with Gasteiger partial charge < -0.3 is 58.7 Å². The number of rotatable bonds is 48. The van der Waals surface area contributed by atoms with Gasteiger partial charge >= 0.3 is 92.5 Å². The summed E-state index contributed by atoms with van der Waals surface area (Å²) in [6, 6.07) is 0. The second kappa shape index (κ2) is 49.6. The van der Waals surface area contributed by atoms with Crippen molar-refractivity contribution in [3.8, 4) is 0 Å². The summed E-state index contributed by atoms with van der Waals surface area (Å²) in [5, 5.41) is 0. The van der Waals surface area contributed by atoms with E-state index in [4.69, 9.17) is 29.4 Å². The predicted octanol–water partition coefficient (Wildman–Crippen LogP) is 14.9. The van der Waals surface area contributed by atoms with Gasteiger partial charge in [0.15, 0.2) is 59.0 Å². The van der Waals surface area contributed by atoms with Crippen LogP contribution in [0.4, 0.5) is 0 Å². The van der Waals surface area contributed by atoms with Gasteiger partial charge in [-0.15, -0.1) is 0 Å². The van der Waals surface area contributed by atoms with Gasteiger partial charge in [0.05, 0.1) is 109 Å². The topological polar surface area (TPSA) is 763 Å². The number of sulfone groups is 6. The minimum atomic E-state index is -4.76. The summed E-state index contributed by atoms with van der Waals surface area (Å²) in [6.07, 6.45) is 32.2. The second-order valence-corrected chi connectivity index (χ2v) is 81.8. The lowest BCUT2D eigenvalue weighted by molar-refractivity contribution is -0.0268. The third-order valence-corrected chi connectivity index (χ3v) is 60.4. The van der Waals surface area contributed by atoms with E-state index in [2.05, 4.69) is 73.8 Å². The average molecular weight is 2500 g/mol. The first kappa shape index (κ1) is 130. The van der Waals surface area contributed by atoms with Crippen LogP contribution in [0.3, 0.4) is 0 Å². The van der Waals surface area contributed by atoms with Gasteiger partial charge in [-0.2, -0.15) is 0 Å². The predicted molar refractivity (Wildman–Crippen MR) is 553 cm³/mol. The van der Waals surface area contributed by atoms with E-state index in [9.17, 15) is 135 Å². The fourth-order valence-corrected chi connectivity index (χ4v) is 53.2. The highest BCUT2D eigenvalue weighted by Gasteiger charge is 2.62. The maximum Gasteiger partial charge on any atom is 0.479 e. The van der Waals surface area contributed by atoms with E-state index in [1.165, 1.54) is 32.1 Å². The molecule has 0 aromatic carbocycles. The Kier molecular flexibility index (Phi) is 42.9. The van der Waals surface area contributed by atoms with Crippen molar-refractivity contribution in [1.29, 1.82) is 0 Å². The summed E-state index contributed by atoms with van der Waals surface area (Å²) in [4.78, 5) is 110. The van der Waals surface area contributed by atoms with E-state index in [1.54, 1.807) is 0 Å². The minimum Gasteiger partial charge on any atom is -0.324 e. The molecule has 15 unspecified atom stereocenters. The average Bonchev–Trinajstić information content (AvgIpc) is 1.55. The summed E-state index contributed by atoms with van der Waals surface area (Å²) < 4.78 is 335. The molecule has 12 N–H and O–H groups in total. The van der Waals surface area contributed by atoms with Gasteiger partial charge in [-0.3, -0.25) is 54.5 Å². The van der Waals surface area contributed by atoms with Crippen molar-refractivity contribution in [3.63, 3.8) is 0 Å². The minimum absolute atomic E-state index is 0.0307. The van der Waals surface area contributed by atoms with Crippen LogP contribution >= 0.6 is 92.5 Å². The Hall–Kier alpha value is 1.50. The van der Waals surface area contributed by atoms with Crippen molar-refractivity contribution in [2.75, 3.05) is 149 Å². The second-order valence-electron chi connectivity index (χ2n) is 47.7. The van der Waals surface area contributed by atoms with E-state index in [0.717, 1.165) is 247 Å². The summed E-state index contributed by atoms with van der Waals surface area (Å²) >= 11 is 0. The van der Waals surface area contributed by atoms with Gasteiger partial charge in [0, 0.05) is 40.0 Å². The third-order valence-electron chi connectivity index (χ3n) is 35.0. The zero-order valence-corrected chi connectivity index (χ0v) is 102. The molecule has 22 fully saturated rings. The lowest BCUT2D eigenvalue weighted by atomic mass is 9.52. The van der Waals surface area contributed by atoms with E-state index < -0.39 is 226 Å². The molecule has 22 bridgehead atoms. The molecule has 22 aliphatic rings. The van der Waals surface area contributed by atoms with Crippen LogP contribution in [0.1, 0.15) is 201 Å². The molecule has 22 saturated carbocycles. The first-order valence-electron chi connectivity index (χ1n) is 51.3. The third kappa shape index (κ3) is 40.4. The number of phosphoric ester groups is 6. The first-order valence-corrected chi connectivity index (χ1v) is 83.4. The zero-order chi connectivity index (χ0) is 112. The van der Waals surface area contributed by atoms with Gasteiger partial charge in [-0.05, 0) is 350 Å². The van der Waals surface area contributed by atoms with Crippen LogP contribution in [0.25, 0.3) is 0 Å². The highest BCUT2D eigenvalue weighted by molar-refractivity contribution is 7.93. The van der Waals surface area contributed by atoms with E-state index in [-0.39, 0.29) is 80.9 Å². The first-order chi connectivity index (χ1) is 68.2. The lowest BCUT2D eigenvalue weighted by Gasteiger charge is -2.54. The largest absolute Gasteiger partial charge is 0.479 e. The molecule has 0 heterocycles. The molecule has 15 atom stereocenters. The van der Waals surface area contributed by atoms with Crippen LogP contribution in [-0.4, -0.2) is 258 Å². The zero-order valence-electron chi connectivity index (χ0n) is 86.0. The molecule has 66 heteroatoms. The number of fused-ring (bicyclic) bond motifs is 2. The SMILES string of the molecule is CC12CCC(C(CS(=O)(=O)CCOP(=O)(O)OP(C)(=O)O)C1)C2(C)C.CP(=O)(O)OP(=O)(O)OCCS(=O)(=O)CC1C2CC3CC(C2)CC1C3.CP(=O)(O)OP(=O)(O)OCCS(=O)(=O)CC1C2CC3CC(C2)CC1C3.CP(=O)(O)OP(=O)(O)OCCS(=O)(=O)CC1C2CC3CC(C2)CC1C3.CP(=O)(O)OP(=O)(O)OCCS(=O)(=O)CC1C2CC3CC(C2)CC1C3.CP(=O)(O)OP(=O)(O)OCCS(=O)(=O)CC1C2CC3CC(C2)CC1C3. The summed E-state index contributed by atoms with van der Waals surface area (Å²) in [7, 11) is -74.3. The molecular formula is C84H158O48P12S6. The standard InChI is InChI=1S/5C14H26O8P2S.C14H28O8P2S/c5*1-23(15,16)22-24(17,18)21-2-3-25(19,20)9-14-12-5-10-4-11(7-12)8-13(14)6-10;1-13(2)12-5-6-14(13,3)9-11(12)10-25(19,20)8-7-21-24(17,18)22-23(4,15)16/h5*10-14H,2-9H2,1H3,(H,15,16)(H,17,18);11-12H,5-10H2,1-4H3,(H,15,16)(H,17,18). The van der Waals surface area contributed by atoms with Crippen LogP contribution < -0.4 is 0 Å². The maximum atomic E-state index is 12.4. The quantitative estimate of drug-likeness (QED) is 0.0252. The molecule has 0 amide bonds. The molecular weight excluding hydrogens is 2340 g/mol. The van der Waals surface area contributed by atoms with E-state index in [0.29, 0.717) is 65.1 Å². The molecule has 22 aliphatic carbocycles. The van der Waals surface area contributed by atoms with E-state index in [1.807, 2.05) is 0 Å². The summed E-state index contributed by atoms with van der Waals surface area (Å²) in [6.45, 7) is 7.89. The van der Waals surface area contributed by atoms with E-state index >= 15 is 0 Å². The Morgan fingerprint density at radius 2 is 0.367 bits per heavy atom. The molecule has 48 nitrogen and oxygen atoms in total. The van der Waals surface area contributed by atoms with Gasteiger partial charge in [-0.25, -0.2) is 104 Å². The normalized spacial score (nSPS) is 38.6. The van der Waals surface area contributed by atoms with Gasteiger partial charge in [0.25, 0.3) is 0 Å². The number of hydrogen-bond acceptors (Lipinski definition) is 36.